The Bertz CT molecular complexity index is 767. The first-order valence-electron chi connectivity index (χ1n) is 21.1. The second-order valence-electron chi connectivity index (χ2n) is 14.3. The molecule has 0 aliphatic heterocycles. The summed E-state index contributed by atoms with van der Waals surface area (Å²) in [5.74, 6) is -0.127. The molecular formula is C43H81NO5. The Hall–Kier alpha value is -1.66. The molecule has 6 heteroatoms. The standard InChI is InChI=1S/C43H81NO5/c1-3-5-7-9-11-13-14-15-16-21-25-29-33-37-43(48)49-38-34-30-26-22-18-17-20-24-28-32-36-42(47)44-40(39-45)41(46)35-31-27-23-19-12-10-8-6-4-2/h13-14,31,35,40-41,45-46H,3-12,15-30,32-34,36-39H2,1-2H3,(H,44,47)/b14-13-,35-31+. The molecule has 6 nitrogen and oxygen atoms in total. The lowest BCUT2D eigenvalue weighted by Gasteiger charge is -2.20. The lowest BCUT2D eigenvalue weighted by Crippen LogP contribution is -2.45. The Labute approximate surface area is 303 Å². The van der Waals surface area contributed by atoms with Crippen molar-refractivity contribution in [3.63, 3.8) is 0 Å². The SMILES string of the molecule is CCCCCC/C=C\CCCCCCCC(=O)OCCCCCCCCCCCCC(=O)NC(CO)C(O)/C=C/CCCCCCCCC. The third-order valence-corrected chi connectivity index (χ3v) is 9.47. The van der Waals surface area contributed by atoms with Gasteiger partial charge in [-0.2, -0.15) is 0 Å². The van der Waals surface area contributed by atoms with E-state index in [4.69, 9.17) is 4.74 Å². The normalized spacial score (nSPS) is 13.0. The Kier molecular flexibility index (Phi) is 37.8. The molecule has 0 aliphatic rings. The van der Waals surface area contributed by atoms with E-state index in [9.17, 15) is 19.8 Å². The fraction of sp³-hybridized carbons (Fsp3) is 0.860. The van der Waals surface area contributed by atoms with Gasteiger partial charge in [0.2, 0.25) is 5.91 Å². The summed E-state index contributed by atoms with van der Waals surface area (Å²) in [4.78, 5) is 24.3. The van der Waals surface area contributed by atoms with Crippen LogP contribution in [0.5, 0.6) is 0 Å². The molecule has 0 spiro atoms. The minimum atomic E-state index is -0.856. The molecule has 0 heterocycles. The number of rotatable bonds is 38. The molecule has 288 valence electrons. The molecule has 0 aromatic rings. The van der Waals surface area contributed by atoms with E-state index in [-0.39, 0.29) is 18.5 Å². The molecule has 2 unspecified atom stereocenters. The molecule has 0 saturated carbocycles. The maximum absolute atomic E-state index is 12.3. The summed E-state index contributed by atoms with van der Waals surface area (Å²) in [6, 6.07) is -0.642. The molecule has 0 aromatic heterocycles. The van der Waals surface area contributed by atoms with E-state index in [1.54, 1.807) is 6.08 Å². The van der Waals surface area contributed by atoms with Gasteiger partial charge in [0.1, 0.15) is 0 Å². The van der Waals surface area contributed by atoms with Gasteiger partial charge < -0.3 is 20.3 Å². The van der Waals surface area contributed by atoms with Gasteiger partial charge in [-0.05, 0) is 57.8 Å². The van der Waals surface area contributed by atoms with Crippen LogP contribution in [-0.2, 0) is 14.3 Å². The third kappa shape index (κ3) is 36.0. The topological polar surface area (TPSA) is 95.9 Å². The molecule has 0 aliphatic carbocycles. The van der Waals surface area contributed by atoms with Crippen molar-refractivity contribution in [1.82, 2.24) is 5.32 Å². The van der Waals surface area contributed by atoms with Gasteiger partial charge in [-0.25, -0.2) is 0 Å². The Morgan fingerprint density at radius 2 is 0.959 bits per heavy atom. The summed E-state index contributed by atoms with van der Waals surface area (Å²) in [7, 11) is 0. The maximum Gasteiger partial charge on any atom is 0.305 e. The van der Waals surface area contributed by atoms with Crippen LogP contribution in [0.4, 0.5) is 0 Å². The van der Waals surface area contributed by atoms with E-state index in [2.05, 4.69) is 31.3 Å². The van der Waals surface area contributed by atoms with E-state index in [1.807, 2.05) is 6.08 Å². The zero-order valence-electron chi connectivity index (χ0n) is 32.4. The molecule has 1 amide bonds. The smallest absolute Gasteiger partial charge is 0.305 e. The molecule has 3 N–H and O–H groups in total. The highest BCUT2D eigenvalue weighted by Crippen LogP contribution is 2.13. The largest absolute Gasteiger partial charge is 0.466 e. The van der Waals surface area contributed by atoms with Gasteiger partial charge in [-0.15, -0.1) is 0 Å². The van der Waals surface area contributed by atoms with Gasteiger partial charge in [-0.1, -0.05) is 167 Å². The van der Waals surface area contributed by atoms with E-state index in [1.165, 1.54) is 128 Å². The molecule has 49 heavy (non-hydrogen) atoms. The van der Waals surface area contributed by atoms with Crippen LogP contribution in [0.15, 0.2) is 24.3 Å². The predicted octanol–water partition coefficient (Wildman–Crippen LogP) is 11.6. The highest BCUT2D eigenvalue weighted by Gasteiger charge is 2.18. The Balaban J connectivity index is 3.52. The Morgan fingerprint density at radius 1 is 0.551 bits per heavy atom. The Morgan fingerprint density at radius 3 is 1.47 bits per heavy atom. The summed E-state index contributed by atoms with van der Waals surface area (Å²) >= 11 is 0. The summed E-state index contributed by atoms with van der Waals surface area (Å²) in [5, 5.41) is 22.8. The number of carbonyl (C=O) groups is 2. The van der Waals surface area contributed by atoms with Gasteiger partial charge in [0.05, 0.1) is 25.4 Å². The van der Waals surface area contributed by atoms with Crippen molar-refractivity contribution in [2.24, 2.45) is 0 Å². The number of amides is 1. The third-order valence-electron chi connectivity index (χ3n) is 9.47. The van der Waals surface area contributed by atoms with E-state index in [0.717, 1.165) is 57.8 Å². The number of hydrogen-bond donors (Lipinski definition) is 3. The number of ether oxygens (including phenoxy) is 1. The molecular weight excluding hydrogens is 610 g/mol. The molecule has 0 saturated heterocycles. The van der Waals surface area contributed by atoms with Crippen molar-refractivity contribution in [2.75, 3.05) is 13.2 Å². The number of aliphatic hydroxyl groups is 2. The molecule has 0 fully saturated rings. The van der Waals surface area contributed by atoms with Crippen molar-refractivity contribution >= 4 is 11.9 Å². The van der Waals surface area contributed by atoms with Crippen molar-refractivity contribution in [2.45, 2.75) is 225 Å². The number of carbonyl (C=O) groups excluding carboxylic acids is 2. The molecule has 0 rings (SSSR count). The number of aliphatic hydroxyl groups excluding tert-OH is 2. The molecule has 0 aromatic carbocycles. The summed E-state index contributed by atoms with van der Waals surface area (Å²) in [5.41, 5.74) is 0. The van der Waals surface area contributed by atoms with Gasteiger partial charge in [0.25, 0.3) is 0 Å². The molecule has 2 atom stereocenters. The zero-order chi connectivity index (χ0) is 35.9. The molecule has 0 bridgehead atoms. The number of nitrogens with one attached hydrogen (secondary N) is 1. The minimum absolute atomic E-state index is 0.0317. The number of unbranched alkanes of at least 4 members (excludes halogenated alkanes) is 25. The van der Waals surface area contributed by atoms with Crippen LogP contribution in [0, 0.1) is 0 Å². The first kappa shape index (κ1) is 47.3. The lowest BCUT2D eigenvalue weighted by atomic mass is 10.1. The van der Waals surface area contributed by atoms with Gasteiger partial charge in [0, 0.05) is 12.8 Å². The fourth-order valence-corrected chi connectivity index (χ4v) is 6.15. The van der Waals surface area contributed by atoms with Crippen LogP contribution in [-0.4, -0.2) is 47.4 Å². The van der Waals surface area contributed by atoms with Crippen LogP contribution in [0.3, 0.4) is 0 Å². The average molecular weight is 692 g/mol. The maximum atomic E-state index is 12.3. The zero-order valence-corrected chi connectivity index (χ0v) is 32.4. The minimum Gasteiger partial charge on any atom is -0.466 e. The van der Waals surface area contributed by atoms with Crippen molar-refractivity contribution in [3.8, 4) is 0 Å². The second-order valence-corrected chi connectivity index (χ2v) is 14.3. The first-order chi connectivity index (χ1) is 24.0. The lowest BCUT2D eigenvalue weighted by molar-refractivity contribution is -0.143. The van der Waals surface area contributed by atoms with Gasteiger partial charge in [0.15, 0.2) is 0 Å². The second kappa shape index (κ2) is 39.1. The van der Waals surface area contributed by atoms with E-state index in [0.29, 0.717) is 19.4 Å². The summed E-state index contributed by atoms with van der Waals surface area (Å²) < 4.78 is 5.42. The van der Waals surface area contributed by atoms with Crippen LogP contribution < -0.4 is 5.32 Å². The van der Waals surface area contributed by atoms with Gasteiger partial charge >= 0.3 is 5.97 Å². The average Bonchev–Trinajstić information content (AvgIpc) is 3.10. The van der Waals surface area contributed by atoms with E-state index < -0.39 is 12.1 Å². The summed E-state index contributed by atoms with van der Waals surface area (Å²) in [6.07, 6.45) is 43.0. The fourth-order valence-electron chi connectivity index (χ4n) is 6.15. The molecule has 0 radical (unpaired) electrons. The van der Waals surface area contributed by atoms with Gasteiger partial charge in [-0.3, -0.25) is 9.59 Å². The summed E-state index contributed by atoms with van der Waals surface area (Å²) in [6.45, 7) is 4.78. The number of allylic oxidation sites excluding steroid dienone is 3. The van der Waals surface area contributed by atoms with Crippen LogP contribution >= 0.6 is 0 Å². The van der Waals surface area contributed by atoms with Crippen molar-refractivity contribution in [3.05, 3.63) is 24.3 Å². The predicted molar refractivity (Wildman–Crippen MR) is 209 cm³/mol. The van der Waals surface area contributed by atoms with Crippen molar-refractivity contribution in [1.29, 1.82) is 0 Å². The van der Waals surface area contributed by atoms with Crippen LogP contribution in [0.1, 0.15) is 213 Å². The van der Waals surface area contributed by atoms with Crippen LogP contribution in [0.25, 0.3) is 0 Å². The quantitative estimate of drug-likeness (QED) is 0.0340. The number of hydrogen-bond acceptors (Lipinski definition) is 5. The van der Waals surface area contributed by atoms with E-state index >= 15 is 0 Å². The highest BCUT2D eigenvalue weighted by molar-refractivity contribution is 5.76. The number of esters is 1. The van der Waals surface area contributed by atoms with Crippen LogP contribution in [0.2, 0.25) is 0 Å². The monoisotopic (exact) mass is 692 g/mol. The first-order valence-corrected chi connectivity index (χ1v) is 21.1. The highest BCUT2D eigenvalue weighted by atomic mass is 16.5. The van der Waals surface area contributed by atoms with Crippen molar-refractivity contribution < 1.29 is 24.5 Å².